The first-order chi connectivity index (χ1) is 13.0. The molecule has 140 valence electrons. The van der Waals surface area contributed by atoms with E-state index in [1.54, 1.807) is 13.2 Å². The molecular weight excluding hydrogens is 380 g/mol. The summed E-state index contributed by atoms with van der Waals surface area (Å²) in [7, 11) is 1.59. The van der Waals surface area contributed by atoms with Crippen LogP contribution in [-0.4, -0.2) is 28.5 Å². The Bertz CT molecular complexity index is 929. The molecule has 8 heteroatoms. The van der Waals surface area contributed by atoms with Crippen LogP contribution in [0.4, 0.5) is 16.5 Å². The smallest absolute Gasteiger partial charge is 0.237 e. The Labute approximate surface area is 166 Å². The van der Waals surface area contributed by atoms with Crippen LogP contribution in [-0.2, 0) is 4.79 Å². The van der Waals surface area contributed by atoms with Crippen LogP contribution in [0.5, 0.6) is 5.75 Å². The molecule has 1 atom stereocenters. The summed E-state index contributed by atoms with van der Waals surface area (Å²) in [6, 6.07) is 15.3. The van der Waals surface area contributed by atoms with Crippen LogP contribution < -0.4 is 15.4 Å². The maximum absolute atomic E-state index is 12.4. The average molecular weight is 401 g/mol. The normalized spacial score (nSPS) is 11.7. The average Bonchev–Trinajstić information content (AvgIpc) is 3.10. The molecule has 3 rings (SSSR count). The molecule has 0 bridgehead atoms. The highest BCUT2D eigenvalue weighted by Gasteiger charge is 2.17. The van der Waals surface area contributed by atoms with Crippen molar-refractivity contribution in [3.8, 4) is 5.75 Å². The first kappa shape index (κ1) is 19.2. The van der Waals surface area contributed by atoms with Crippen molar-refractivity contribution in [2.45, 2.75) is 23.4 Å². The van der Waals surface area contributed by atoms with E-state index in [-0.39, 0.29) is 11.2 Å². The molecule has 0 saturated heterocycles. The maximum atomic E-state index is 12.4. The van der Waals surface area contributed by atoms with Gasteiger partial charge in [-0.05, 0) is 37.6 Å². The third kappa shape index (κ3) is 5.21. The number of thioether (sulfide) groups is 1. The Morgan fingerprint density at radius 1 is 1.19 bits per heavy atom. The molecule has 0 fully saturated rings. The van der Waals surface area contributed by atoms with Gasteiger partial charge in [-0.3, -0.25) is 4.79 Å². The summed E-state index contributed by atoms with van der Waals surface area (Å²) in [5.41, 5.74) is 2.83. The number of aromatic nitrogens is 2. The molecule has 0 unspecified atom stereocenters. The van der Waals surface area contributed by atoms with Gasteiger partial charge >= 0.3 is 0 Å². The number of carbonyl (C=O) groups excluding carboxylic acids is 1. The molecule has 0 aliphatic heterocycles. The lowest BCUT2D eigenvalue weighted by molar-refractivity contribution is -0.115. The zero-order valence-electron chi connectivity index (χ0n) is 15.2. The van der Waals surface area contributed by atoms with E-state index in [4.69, 9.17) is 4.74 Å². The van der Waals surface area contributed by atoms with Crippen molar-refractivity contribution in [3.05, 3.63) is 54.1 Å². The van der Waals surface area contributed by atoms with Crippen LogP contribution in [0.15, 0.2) is 52.9 Å². The highest BCUT2D eigenvalue weighted by molar-refractivity contribution is 8.02. The minimum absolute atomic E-state index is 0.100. The van der Waals surface area contributed by atoms with Gasteiger partial charge in [0.25, 0.3) is 0 Å². The largest absolute Gasteiger partial charge is 0.497 e. The predicted molar refractivity (Wildman–Crippen MR) is 111 cm³/mol. The van der Waals surface area contributed by atoms with Crippen LogP contribution in [0, 0.1) is 6.92 Å². The number of aryl methyl sites for hydroxylation is 1. The number of benzene rings is 2. The van der Waals surface area contributed by atoms with E-state index < -0.39 is 0 Å². The number of methoxy groups -OCH3 is 1. The number of carbonyl (C=O) groups is 1. The fourth-order valence-electron chi connectivity index (χ4n) is 2.29. The molecule has 1 heterocycles. The predicted octanol–water partition coefficient (Wildman–Crippen LogP) is 4.72. The SMILES string of the molecule is COc1cccc(NC(=O)[C@@H](C)Sc2nnc(Nc3ccccc3C)s2)c1. The summed E-state index contributed by atoms with van der Waals surface area (Å²) in [5, 5.41) is 14.9. The first-order valence-corrected chi connectivity index (χ1v) is 10.0. The second-order valence-corrected chi connectivity index (χ2v) is 8.36. The summed E-state index contributed by atoms with van der Waals surface area (Å²) < 4.78 is 5.91. The van der Waals surface area contributed by atoms with Gasteiger partial charge < -0.3 is 15.4 Å². The van der Waals surface area contributed by atoms with Gasteiger partial charge in [0.05, 0.1) is 12.4 Å². The Kier molecular flexibility index (Phi) is 6.31. The third-order valence-electron chi connectivity index (χ3n) is 3.78. The highest BCUT2D eigenvalue weighted by Crippen LogP contribution is 2.31. The highest BCUT2D eigenvalue weighted by atomic mass is 32.2. The molecule has 0 spiro atoms. The van der Waals surface area contributed by atoms with Crippen molar-refractivity contribution in [3.63, 3.8) is 0 Å². The Morgan fingerprint density at radius 2 is 2.00 bits per heavy atom. The standard InChI is InChI=1S/C19H20N4O2S2/c1-12-7-4-5-10-16(12)21-18-22-23-19(27-18)26-13(2)17(24)20-14-8-6-9-15(11-14)25-3/h4-11,13H,1-3H3,(H,20,24)(H,21,22)/t13-/m1/s1. The van der Waals surface area contributed by atoms with Crippen LogP contribution in [0.1, 0.15) is 12.5 Å². The number of nitrogens with one attached hydrogen (secondary N) is 2. The van der Waals surface area contributed by atoms with Gasteiger partial charge in [0.1, 0.15) is 5.75 Å². The van der Waals surface area contributed by atoms with E-state index in [1.807, 2.05) is 56.3 Å². The van der Waals surface area contributed by atoms with E-state index >= 15 is 0 Å². The molecule has 1 aromatic heterocycles. The summed E-state index contributed by atoms with van der Waals surface area (Å²) in [5.74, 6) is 0.598. The maximum Gasteiger partial charge on any atom is 0.237 e. The van der Waals surface area contributed by atoms with Crippen molar-refractivity contribution in [1.82, 2.24) is 10.2 Å². The van der Waals surface area contributed by atoms with Gasteiger partial charge in [-0.2, -0.15) is 0 Å². The van der Waals surface area contributed by atoms with E-state index in [0.29, 0.717) is 16.6 Å². The quantitative estimate of drug-likeness (QED) is 0.559. The molecule has 6 nitrogen and oxygen atoms in total. The molecule has 27 heavy (non-hydrogen) atoms. The van der Waals surface area contributed by atoms with Crippen molar-refractivity contribution in [2.24, 2.45) is 0 Å². The zero-order chi connectivity index (χ0) is 19.2. The Hall–Kier alpha value is -2.58. The summed E-state index contributed by atoms with van der Waals surface area (Å²) >= 11 is 2.80. The van der Waals surface area contributed by atoms with Crippen LogP contribution in [0.25, 0.3) is 0 Å². The van der Waals surface area contributed by atoms with E-state index in [2.05, 4.69) is 20.8 Å². The van der Waals surface area contributed by atoms with Gasteiger partial charge in [-0.1, -0.05) is 47.4 Å². The minimum Gasteiger partial charge on any atom is -0.497 e. The molecule has 1 amide bonds. The van der Waals surface area contributed by atoms with Gasteiger partial charge in [-0.25, -0.2) is 0 Å². The lowest BCUT2D eigenvalue weighted by atomic mass is 10.2. The van der Waals surface area contributed by atoms with Gasteiger partial charge in [0.2, 0.25) is 11.0 Å². The number of rotatable bonds is 7. The van der Waals surface area contributed by atoms with E-state index in [0.717, 1.165) is 15.6 Å². The lowest BCUT2D eigenvalue weighted by Crippen LogP contribution is -2.22. The third-order valence-corrected chi connectivity index (χ3v) is 5.80. The van der Waals surface area contributed by atoms with E-state index in [1.165, 1.54) is 23.1 Å². The summed E-state index contributed by atoms with van der Waals surface area (Å²) in [6.07, 6.45) is 0. The van der Waals surface area contributed by atoms with Crippen molar-refractivity contribution in [1.29, 1.82) is 0 Å². The van der Waals surface area contributed by atoms with Crippen LogP contribution in [0.3, 0.4) is 0 Å². The molecule has 0 aliphatic carbocycles. The topological polar surface area (TPSA) is 76.1 Å². The van der Waals surface area contributed by atoms with Crippen molar-refractivity contribution < 1.29 is 9.53 Å². The lowest BCUT2D eigenvalue weighted by Gasteiger charge is -2.11. The monoisotopic (exact) mass is 400 g/mol. The number of nitrogens with zero attached hydrogens (tertiary/aromatic N) is 2. The van der Waals surface area contributed by atoms with Gasteiger partial charge in [-0.15, -0.1) is 10.2 Å². The van der Waals surface area contributed by atoms with Crippen molar-refractivity contribution >= 4 is 45.5 Å². The fourth-order valence-corrected chi connectivity index (χ4v) is 4.19. The van der Waals surface area contributed by atoms with Gasteiger partial charge in [0, 0.05) is 17.4 Å². The second kappa shape index (κ2) is 8.88. The second-order valence-electron chi connectivity index (χ2n) is 5.79. The van der Waals surface area contributed by atoms with Crippen LogP contribution >= 0.6 is 23.1 Å². The number of ether oxygens (including phenoxy) is 1. The zero-order valence-corrected chi connectivity index (χ0v) is 16.9. The Balaban J connectivity index is 1.59. The number of para-hydroxylation sites is 1. The number of hydrogen-bond acceptors (Lipinski definition) is 7. The number of anilines is 3. The minimum atomic E-state index is -0.310. The molecule has 2 N–H and O–H groups in total. The number of hydrogen-bond donors (Lipinski definition) is 2. The van der Waals surface area contributed by atoms with E-state index in [9.17, 15) is 4.79 Å². The molecule has 2 aromatic carbocycles. The van der Waals surface area contributed by atoms with Crippen LogP contribution in [0.2, 0.25) is 0 Å². The fraction of sp³-hybridized carbons (Fsp3) is 0.211. The first-order valence-electron chi connectivity index (χ1n) is 8.33. The molecule has 0 radical (unpaired) electrons. The summed E-state index contributed by atoms with van der Waals surface area (Å²) in [6.45, 7) is 3.88. The molecule has 3 aromatic rings. The molecule has 0 aliphatic rings. The molecular formula is C19H20N4O2S2. The van der Waals surface area contributed by atoms with Crippen molar-refractivity contribution in [2.75, 3.05) is 17.7 Å². The van der Waals surface area contributed by atoms with Gasteiger partial charge in [0.15, 0.2) is 4.34 Å². The number of amides is 1. The summed E-state index contributed by atoms with van der Waals surface area (Å²) in [4.78, 5) is 12.4. The Morgan fingerprint density at radius 3 is 2.78 bits per heavy atom. The molecule has 0 saturated carbocycles.